The normalized spacial score (nSPS) is 12.2. The minimum Gasteiger partial charge on any atom is -0.422 e. The summed E-state index contributed by atoms with van der Waals surface area (Å²) in [5.41, 5.74) is 1.39. The minimum atomic E-state index is -0.0549. The number of rotatable bonds is 0. The summed E-state index contributed by atoms with van der Waals surface area (Å²) < 4.78 is 5.51. The Morgan fingerprint density at radius 1 is 1.31 bits per heavy atom. The molecule has 0 N–H and O–H groups in total. The van der Waals surface area contributed by atoms with E-state index in [1.807, 2.05) is 12.1 Å². The van der Waals surface area contributed by atoms with Crippen LogP contribution in [0, 0.1) is 0 Å². The minimum absolute atomic E-state index is 0.0549. The summed E-state index contributed by atoms with van der Waals surface area (Å²) in [7, 11) is 0. The van der Waals surface area contributed by atoms with Crippen molar-refractivity contribution in [2.45, 2.75) is 26.2 Å². The molecule has 0 radical (unpaired) electrons. The molecule has 0 bridgehead atoms. The van der Waals surface area contributed by atoms with Gasteiger partial charge in [0.2, 0.25) is 11.6 Å². The van der Waals surface area contributed by atoms with Gasteiger partial charge in [-0.15, -0.1) is 0 Å². The van der Waals surface area contributed by atoms with Gasteiger partial charge in [0.1, 0.15) is 5.52 Å². The summed E-state index contributed by atoms with van der Waals surface area (Å²) in [4.78, 5) is 8.44. The third-order valence-electron chi connectivity index (χ3n) is 1.81. The van der Waals surface area contributed by atoms with Gasteiger partial charge >= 0.3 is 0 Å². The van der Waals surface area contributed by atoms with Gasteiger partial charge in [-0.25, -0.2) is 9.97 Å². The Morgan fingerprint density at radius 3 is 2.69 bits per heavy atom. The zero-order valence-corrected chi connectivity index (χ0v) is 8.03. The van der Waals surface area contributed by atoms with E-state index < -0.39 is 0 Å². The summed E-state index contributed by atoms with van der Waals surface area (Å²) in [6, 6.07) is 3.76. The maximum absolute atomic E-state index is 5.51. The molecule has 0 fully saturated rings. The van der Waals surface area contributed by atoms with Crippen LogP contribution in [0.2, 0.25) is 0 Å². The van der Waals surface area contributed by atoms with Crippen molar-refractivity contribution in [2.24, 2.45) is 0 Å². The number of pyridine rings is 1. The molecule has 0 saturated heterocycles. The lowest BCUT2D eigenvalue weighted by Gasteiger charge is -2.11. The fourth-order valence-corrected chi connectivity index (χ4v) is 1.09. The Labute approximate surface area is 76.8 Å². The summed E-state index contributed by atoms with van der Waals surface area (Å²) in [6.45, 7) is 6.20. The number of nitrogens with zero attached hydrogens (tertiary/aromatic N) is 2. The smallest absolute Gasteiger partial charge is 0.246 e. The molecule has 0 aliphatic carbocycles. The van der Waals surface area contributed by atoms with Crippen LogP contribution in [0.4, 0.5) is 0 Å². The molecule has 3 heteroatoms. The van der Waals surface area contributed by atoms with Gasteiger partial charge in [-0.05, 0) is 12.1 Å². The molecule has 0 aliphatic rings. The molecule has 0 unspecified atom stereocenters. The Bertz CT molecular complexity index is 393. The second-order valence-corrected chi connectivity index (χ2v) is 4.10. The average molecular weight is 176 g/mol. The van der Waals surface area contributed by atoms with Crippen LogP contribution in [-0.4, -0.2) is 9.97 Å². The Morgan fingerprint density at radius 2 is 2.08 bits per heavy atom. The van der Waals surface area contributed by atoms with E-state index in [0.29, 0.717) is 5.71 Å². The lowest BCUT2D eigenvalue weighted by molar-refractivity contribution is 0.407. The SMILES string of the molecule is CC(C)(C)c1nc2cccnc2o1. The predicted octanol–water partition coefficient (Wildman–Crippen LogP) is 2.52. The molecule has 13 heavy (non-hydrogen) atoms. The molecule has 2 aromatic rings. The Kier molecular flexibility index (Phi) is 1.62. The van der Waals surface area contributed by atoms with Crippen LogP contribution < -0.4 is 0 Å². The summed E-state index contributed by atoms with van der Waals surface area (Å²) in [5, 5.41) is 0. The first-order valence-electron chi connectivity index (χ1n) is 4.29. The van der Waals surface area contributed by atoms with Crippen molar-refractivity contribution in [2.75, 3.05) is 0 Å². The van der Waals surface area contributed by atoms with Crippen LogP contribution in [0.3, 0.4) is 0 Å². The first-order valence-corrected chi connectivity index (χ1v) is 4.29. The molecular formula is C10H12N2O. The lowest BCUT2D eigenvalue weighted by Crippen LogP contribution is -2.10. The molecule has 2 heterocycles. The van der Waals surface area contributed by atoms with Gasteiger partial charge in [0, 0.05) is 11.6 Å². The van der Waals surface area contributed by atoms with E-state index in [1.165, 1.54) is 0 Å². The van der Waals surface area contributed by atoms with Gasteiger partial charge < -0.3 is 4.42 Å². The lowest BCUT2D eigenvalue weighted by atomic mass is 9.97. The largest absolute Gasteiger partial charge is 0.422 e. The number of hydrogen-bond donors (Lipinski definition) is 0. The van der Waals surface area contributed by atoms with Crippen molar-refractivity contribution < 1.29 is 4.42 Å². The zero-order chi connectivity index (χ0) is 9.47. The van der Waals surface area contributed by atoms with E-state index >= 15 is 0 Å². The molecule has 2 aromatic heterocycles. The van der Waals surface area contributed by atoms with Gasteiger partial charge in [-0.1, -0.05) is 20.8 Å². The quantitative estimate of drug-likeness (QED) is 0.619. The van der Waals surface area contributed by atoms with Crippen LogP contribution in [-0.2, 0) is 5.41 Å². The van der Waals surface area contributed by atoms with E-state index in [9.17, 15) is 0 Å². The molecule has 2 rings (SSSR count). The molecule has 0 spiro atoms. The van der Waals surface area contributed by atoms with E-state index in [0.717, 1.165) is 11.4 Å². The van der Waals surface area contributed by atoms with Crippen molar-refractivity contribution in [1.82, 2.24) is 9.97 Å². The van der Waals surface area contributed by atoms with E-state index in [4.69, 9.17) is 4.42 Å². The van der Waals surface area contributed by atoms with E-state index in [-0.39, 0.29) is 5.41 Å². The molecule has 0 aliphatic heterocycles. The van der Waals surface area contributed by atoms with Crippen LogP contribution in [0.1, 0.15) is 26.7 Å². The van der Waals surface area contributed by atoms with Gasteiger partial charge in [-0.3, -0.25) is 0 Å². The highest BCUT2D eigenvalue weighted by molar-refractivity contribution is 5.67. The molecule has 0 amide bonds. The van der Waals surface area contributed by atoms with Crippen LogP contribution in [0.15, 0.2) is 22.7 Å². The molecule has 0 saturated carbocycles. The van der Waals surface area contributed by atoms with E-state index in [1.54, 1.807) is 6.20 Å². The zero-order valence-electron chi connectivity index (χ0n) is 8.03. The molecule has 0 aromatic carbocycles. The fourth-order valence-electron chi connectivity index (χ4n) is 1.09. The number of hydrogen-bond acceptors (Lipinski definition) is 3. The summed E-state index contributed by atoms with van der Waals surface area (Å²) >= 11 is 0. The standard InChI is InChI=1S/C10H12N2O/c1-10(2,3)9-12-7-5-4-6-11-8(7)13-9/h4-6H,1-3H3. The first-order chi connectivity index (χ1) is 6.07. The predicted molar refractivity (Wildman–Crippen MR) is 50.5 cm³/mol. The van der Waals surface area contributed by atoms with Gasteiger partial charge in [-0.2, -0.15) is 0 Å². The Balaban J connectivity index is 2.63. The second kappa shape index (κ2) is 2.55. The fraction of sp³-hybridized carbons (Fsp3) is 0.400. The summed E-state index contributed by atoms with van der Waals surface area (Å²) in [5.74, 6) is 0.737. The third kappa shape index (κ3) is 1.41. The van der Waals surface area contributed by atoms with Gasteiger partial charge in [0.25, 0.3) is 0 Å². The maximum Gasteiger partial charge on any atom is 0.246 e. The monoisotopic (exact) mass is 176 g/mol. The molecule has 3 nitrogen and oxygen atoms in total. The van der Waals surface area contributed by atoms with Crippen molar-refractivity contribution in [3.05, 3.63) is 24.2 Å². The topological polar surface area (TPSA) is 38.9 Å². The van der Waals surface area contributed by atoms with Crippen molar-refractivity contribution in [3.63, 3.8) is 0 Å². The van der Waals surface area contributed by atoms with Crippen molar-refractivity contribution in [1.29, 1.82) is 0 Å². The number of oxazole rings is 1. The number of fused-ring (bicyclic) bond motifs is 1. The summed E-state index contributed by atoms with van der Waals surface area (Å²) in [6.07, 6.45) is 1.71. The van der Waals surface area contributed by atoms with Crippen molar-refractivity contribution >= 4 is 11.2 Å². The van der Waals surface area contributed by atoms with Crippen molar-refractivity contribution in [3.8, 4) is 0 Å². The van der Waals surface area contributed by atoms with Crippen LogP contribution in [0.25, 0.3) is 11.2 Å². The third-order valence-corrected chi connectivity index (χ3v) is 1.81. The van der Waals surface area contributed by atoms with E-state index in [2.05, 4.69) is 30.7 Å². The van der Waals surface area contributed by atoms with Crippen LogP contribution in [0.5, 0.6) is 0 Å². The highest BCUT2D eigenvalue weighted by Gasteiger charge is 2.20. The van der Waals surface area contributed by atoms with Crippen LogP contribution >= 0.6 is 0 Å². The van der Waals surface area contributed by atoms with Gasteiger partial charge in [0.15, 0.2) is 0 Å². The number of aromatic nitrogens is 2. The Hall–Kier alpha value is -1.38. The second-order valence-electron chi connectivity index (χ2n) is 4.10. The molecule has 0 atom stereocenters. The average Bonchev–Trinajstić information content (AvgIpc) is 2.45. The highest BCUT2D eigenvalue weighted by Crippen LogP contribution is 2.24. The molecule has 68 valence electrons. The van der Waals surface area contributed by atoms with Gasteiger partial charge in [0.05, 0.1) is 0 Å². The maximum atomic E-state index is 5.51. The first kappa shape index (κ1) is 8.23. The highest BCUT2D eigenvalue weighted by atomic mass is 16.4. The molecular weight excluding hydrogens is 164 g/mol.